The van der Waals surface area contributed by atoms with E-state index in [-0.39, 0.29) is 11.6 Å². The number of hydrogen-bond donors (Lipinski definition) is 4. The van der Waals surface area contributed by atoms with E-state index in [0.29, 0.717) is 23.5 Å². The summed E-state index contributed by atoms with van der Waals surface area (Å²) in [6, 6.07) is 6.66. The number of carbonyl (C=O) groups excluding carboxylic acids is 1. The molecule has 122 valence electrons. The second-order valence-electron chi connectivity index (χ2n) is 4.66. The van der Waals surface area contributed by atoms with Crippen molar-refractivity contribution in [3.63, 3.8) is 0 Å². The summed E-state index contributed by atoms with van der Waals surface area (Å²) in [6.07, 6.45) is 2.22. The molecule has 0 aliphatic rings. The lowest BCUT2D eigenvalue weighted by atomic mass is 10.2. The van der Waals surface area contributed by atoms with E-state index in [9.17, 15) is 4.79 Å². The summed E-state index contributed by atoms with van der Waals surface area (Å²) >= 11 is 0. The number of ether oxygens (including phenoxy) is 1. The lowest BCUT2D eigenvalue weighted by Gasteiger charge is -2.11. The van der Waals surface area contributed by atoms with Crippen molar-refractivity contribution in [2.45, 2.75) is 26.2 Å². The minimum Gasteiger partial charge on any atom is -0.494 e. The number of rotatable bonds is 8. The fourth-order valence-electron chi connectivity index (χ4n) is 1.68. The van der Waals surface area contributed by atoms with Gasteiger partial charge in [-0.3, -0.25) is 15.6 Å². The number of carbonyl (C=O) groups is 1. The van der Waals surface area contributed by atoms with Crippen LogP contribution in [0.15, 0.2) is 23.3 Å². The molecule has 0 fully saturated rings. The molecule has 1 rings (SSSR count). The first kappa shape index (κ1) is 18.0. The molecule has 1 aromatic rings. The van der Waals surface area contributed by atoms with E-state index in [2.05, 4.69) is 15.8 Å². The van der Waals surface area contributed by atoms with Gasteiger partial charge in [0.2, 0.25) is 11.6 Å². The smallest absolute Gasteiger partial charge is 0.224 e. The Hall–Kier alpha value is -3.08. The monoisotopic (exact) mass is 316 g/mol. The van der Waals surface area contributed by atoms with Crippen LogP contribution in [0.2, 0.25) is 0 Å². The Balaban J connectivity index is 2.86. The zero-order valence-corrected chi connectivity index (χ0v) is 13.1. The number of unbranched alkanes of at least 4 members (excludes halogenated alkanes) is 1. The molecule has 1 aromatic carbocycles. The molecule has 0 unspecified atom stereocenters. The Bertz CT molecular complexity index is 648. The molecule has 0 aliphatic carbocycles. The highest BCUT2D eigenvalue weighted by molar-refractivity contribution is 6.45. The SMILES string of the molecule is CCCCC(=O)Nc1ccc(N/N=C(\C#N)C(=N)N)cc1OC. The maximum Gasteiger partial charge on any atom is 0.224 e. The summed E-state index contributed by atoms with van der Waals surface area (Å²) in [5.41, 5.74) is 8.68. The van der Waals surface area contributed by atoms with Gasteiger partial charge >= 0.3 is 0 Å². The molecule has 0 radical (unpaired) electrons. The quantitative estimate of drug-likeness (QED) is 0.330. The molecule has 23 heavy (non-hydrogen) atoms. The van der Waals surface area contributed by atoms with Crippen molar-refractivity contribution in [2.24, 2.45) is 10.8 Å². The van der Waals surface area contributed by atoms with Gasteiger partial charge in [0.25, 0.3) is 0 Å². The van der Waals surface area contributed by atoms with Crippen LogP contribution < -0.4 is 21.2 Å². The maximum atomic E-state index is 11.8. The van der Waals surface area contributed by atoms with E-state index in [1.807, 2.05) is 6.92 Å². The molecule has 0 saturated heterocycles. The molecule has 0 saturated carbocycles. The number of hydrazone groups is 1. The van der Waals surface area contributed by atoms with Crippen molar-refractivity contribution >= 4 is 28.8 Å². The molecule has 0 bridgehead atoms. The average Bonchev–Trinajstić information content (AvgIpc) is 2.54. The third-order valence-corrected chi connectivity index (χ3v) is 2.89. The normalized spacial score (nSPS) is 10.6. The third kappa shape index (κ3) is 5.67. The zero-order chi connectivity index (χ0) is 17.2. The Labute approximate surface area is 134 Å². The number of methoxy groups -OCH3 is 1. The molecule has 0 aromatic heterocycles. The van der Waals surface area contributed by atoms with Crippen LogP contribution in [-0.2, 0) is 4.79 Å². The number of hydrogen-bond acceptors (Lipinski definition) is 6. The largest absolute Gasteiger partial charge is 0.494 e. The van der Waals surface area contributed by atoms with E-state index < -0.39 is 5.84 Å². The summed E-state index contributed by atoms with van der Waals surface area (Å²) in [5.74, 6) is -0.0459. The van der Waals surface area contributed by atoms with Crippen molar-refractivity contribution in [1.29, 1.82) is 10.7 Å². The topological polar surface area (TPSA) is 136 Å². The predicted octanol–water partition coefficient (Wildman–Crippen LogP) is 2.05. The molecule has 1 amide bonds. The maximum absolute atomic E-state index is 11.8. The predicted molar refractivity (Wildman–Crippen MR) is 89.7 cm³/mol. The van der Waals surface area contributed by atoms with Crippen LogP contribution in [0.25, 0.3) is 0 Å². The number of amidine groups is 1. The van der Waals surface area contributed by atoms with Gasteiger partial charge in [-0.2, -0.15) is 10.4 Å². The first-order chi connectivity index (χ1) is 11.0. The summed E-state index contributed by atoms with van der Waals surface area (Å²) in [5, 5.41) is 22.5. The molecule has 0 spiro atoms. The van der Waals surface area contributed by atoms with Crippen LogP contribution in [0.1, 0.15) is 26.2 Å². The number of benzene rings is 1. The zero-order valence-electron chi connectivity index (χ0n) is 13.1. The standard InChI is InChI=1S/C15H20N6O2/c1-3-4-5-14(22)19-11-7-6-10(8-13(11)23-2)20-21-12(9-16)15(17)18/h6-8,20H,3-5H2,1-2H3,(H3,17,18)(H,19,22)/b21-12+. The summed E-state index contributed by atoms with van der Waals surface area (Å²) < 4.78 is 5.24. The van der Waals surface area contributed by atoms with E-state index in [1.54, 1.807) is 24.3 Å². The van der Waals surface area contributed by atoms with Crippen molar-refractivity contribution in [3.8, 4) is 11.8 Å². The average molecular weight is 316 g/mol. The van der Waals surface area contributed by atoms with Gasteiger partial charge in [-0.1, -0.05) is 13.3 Å². The van der Waals surface area contributed by atoms with Gasteiger partial charge in [0, 0.05) is 12.5 Å². The highest BCUT2D eigenvalue weighted by atomic mass is 16.5. The van der Waals surface area contributed by atoms with Gasteiger partial charge in [-0.25, -0.2) is 0 Å². The minimum atomic E-state index is -0.424. The molecular weight excluding hydrogens is 296 g/mol. The second-order valence-corrected chi connectivity index (χ2v) is 4.66. The first-order valence-corrected chi connectivity index (χ1v) is 7.07. The number of amides is 1. The highest BCUT2D eigenvalue weighted by Crippen LogP contribution is 2.28. The molecule has 8 heteroatoms. The van der Waals surface area contributed by atoms with E-state index >= 15 is 0 Å². The van der Waals surface area contributed by atoms with Crippen molar-refractivity contribution in [2.75, 3.05) is 17.9 Å². The fourth-order valence-corrected chi connectivity index (χ4v) is 1.68. The number of nitrogens with two attached hydrogens (primary N) is 1. The Morgan fingerprint density at radius 2 is 2.26 bits per heavy atom. The summed E-state index contributed by atoms with van der Waals surface area (Å²) in [7, 11) is 1.49. The van der Waals surface area contributed by atoms with Gasteiger partial charge in [0.05, 0.1) is 18.5 Å². The van der Waals surface area contributed by atoms with E-state index in [4.69, 9.17) is 21.1 Å². The molecule has 0 atom stereocenters. The number of anilines is 2. The van der Waals surface area contributed by atoms with Crippen molar-refractivity contribution < 1.29 is 9.53 Å². The minimum absolute atomic E-state index is 0.0766. The Morgan fingerprint density at radius 3 is 2.83 bits per heavy atom. The van der Waals surface area contributed by atoms with Gasteiger partial charge in [0.1, 0.15) is 11.8 Å². The number of nitrogens with one attached hydrogen (secondary N) is 3. The van der Waals surface area contributed by atoms with Gasteiger partial charge < -0.3 is 15.8 Å². The molecule has 0 aliphatic heterocycles. The summed E-state index contributed by atoms with van der Waals surface area (Å²) in [6.45, 7) is 2.02. The Kier molecular flexibility index (Phi) is 7.07. The van der Waals surface area contributed by atoms with Crippen LogP contribution in [0.5, 0.6) is 5.75 Å². The van der Waals surface area contributed by atoms with Gasteiger partial charge in [-0.05, 0) is 18.6 Å². The lowest BCUT2D eigenvalue weighted by Crippen LogP contribution is -2.21. The van der Waals surface area contributed by atoms with Gasteiger partial charge in [0.15, 0.2) is 5.84 Å². The molecule has 0 heterocycles. The second kappa shape index (κ2) is 9.04. The summed E-state index contributed by atoms with van der Waals surface area (Å²) in [4.78, 5) is 11.8. The van der Waals surface area contributed by atoms with E-state index in [0.717, 1.165) is 12.8 Å². The van der Waals surface area contributed by atoms with Crippen LogP contribution in [-0.4, -0.2) is 24.6 Å². The van der Waals surface area contributed by atoms with Crippen molar-refractivity contribution in [3.05, 3.63) is 18.2 Å². The fraction of sp³-hybridized carbons (Fsp3) is 0.333. The lowest BCUT2D eigenvalue weighted by molar-refractivity contribution is -0.116. The molecule has 5 N–H and O–H groups in total. The van der Waals surface area contributed by atoms with Crippen molar-refractivity contribution in [1.82, 2.24) is 0 Å². The van der Waals surface area contributed by atoms with E-state index in [1.165, 1.54) is 7.11 Å². The van der Waals surface area contributed by atoms with Crippen LogP contribution in [0.3, 0.4) is 0 Å². The number of nitrogens with zero attached hydrogens (tertiary/aromatic N) is 2. The first-order valence-electron chi connectivity index (χ1n) is 7.07. The van der Waals surface area contributed by atoms with Crippen LogP contribution >= 0.6 is 0 Å². The van der Waals surface area contributed by atoms with Crippen LogP contribution in [0, 0.1) is 16.7 Å². The third-order valence-electron chi connectivity index (χ3n) is 2.89. The Morgan fingerprint density at radius 1 is 1.52 bits per heavy atom. The van der Waals surface area contributed by atoms with Gasteiger partial charge in [-0.15, -0.1) is 0 Å². The highest BCUT2D eigenvalue weighted by Gasteiger charge is 2.08. The molecule has 8 nitrogen and oxygen atoms in total. The number of nitriles is 1. The van der Waals surface area contributed by atoms with Crippen LogP contribution in [0.4, 0.5) is 11.4 Å². The molecular formula is C15H20N6O2.